The van der Waals surface area contributed by atoms with Crippen molar-refractivity contribution in [2.45, 2.75) is 51.2 Å². The number of benzene rings is 1. The molecule has 1 aromatic carbocycles. The van der Waals surface area contributed by atoms with E-state index in [1.54, 1.807) is 0 Å². The monoisotopic (exact) mass is 274 g/mol. The first-order chi connectivity index (χ1) is 9.44. The molecule has 4 nitrogen and oxygen atoms in total. The van der Waals surface area contributed by atoms with Crippen LogP contribution in [0.25, 0.3) is 0 Å². The van der Waals surface area contributed by atoms with E-state index < -0.39 is 0 Å². The van der Waals surface area contributed by atoms with Gasteiger partial charge >= 0.3 is 0 Å². The molecule has 1 aromatic rings. The van der Waals surface area contributed by atoms with E-state index >= 15 is 0 Å². The van der Waals surface area contributed by atoms with Crippen molar-refractivity contribution in [2.24, 2.45) is 0 Å². The van der Waals surface area contributed by atoms with Crippen LogP contribution < -0.4 is 10.6 Å². The minimum absolute atomic E-state index is 0.0621. The third-order valence-corrected chi connectivity index (χ3v) is 4.24. The fraction of sp³-hybridized carbons (Fsp3) is 0.562. The van der Waals surface area contributed by atoms with Gasteiger partial charge in [-0.3, -0.25) is 4.79 Å². The summed E-state index contributed by atoms with van der Waals surface area (Å²) in [6.45, 7) is 4.87. The average Bonchev–Trinajstić information content (AvgIpc) is 2.72. The quantitative estimate of drug-likeness (QED) is 0.843. The molecule has 2 aliphatic heterocycles. The van der Waals surface area contributed by atoms with Crippen LogP contribution in [0, 0.1) is 0 Å². The molecule has 0 spiro atoms. The van der Waals surface area contributed by atoms with Gasteiger partial charge in [0, 0.05) is 17.8 Å². The predicted molar refractivity (Wildman–Crippen MR) is 79.7 cm³/mol. The maximum Gasteiger partial charge on any atom is 0.227 e. The van der Waals surface area contributed by atoms with Gasteiger partial charge in [0.15, 0.2) is 0 Å². The van der Waals surface area contributed by atoms with Crippen LogP contribution in [0.2, 0.25) is 0 Å². The zero-order chi connectivity index (χ0) is 14.3. The topological polar surface area (TPSA) is 55.6 Å². The van der Waals surface area contributed by atoms with Crippen molar-refractivity contribution in [3.63, 3.8) is 0 Å². The molecule has 3 rings (SSSR count). The molecule has 20 heavy (non-hydrogen) atoms. The van der Waals surface area contributed by atoms with E-state index in [0.717, 1.165) is 30.6 Å². The molecule has 1 amide bonds. The molecule has 1 saturated heterocycles. The molecule has 0 radical (unpaired) electrons. The second kappa shape index (κ2) is 4.77. The number of anilines is 2. The molecule has 0 aliphatic carbocycles. The van der Waals surface area contributed by atoms with Crippen molar-refractivity contribution in [1.82, 2.24) is 0 Å². The molecule has 2 aliphatic rings. The number of amides is 1. The summed E-state index contributed by atoms with van der Waals surface area (Å²) < 4.78 is 6.02. The largest absolute Gasteiger partial charge is 0.399 e. The summed E-state index contributed by atoms with van der Waals surface area (Å²) in [5.41, 5.74) is 8.70. The van der Waals surface area contributed by atoms with Crippen molar-refractivity contribution in [3.8, 4) is 0 Å². The van der Waals surface area contributed by atoms with E-state index in [1.165, 1.54) is 5.56 Å². The number of carbonyl (C=O) groups excluding carboxylic acids is 1. The maximum absolute atomic E-state index is 12.2. The third kappa shape index (κ3) is 2.52. The Bertz CT molecular complexity index is 539. The SMILES string of the molecule is CC1(C)CCC(CN2C(=O)CCc3cc(N)ccc32)O1. The van der Waals surface area contributed by atoms with E-state index in [2.05, 4.69) is 13.8 Å². The highest BCUT2D eigenvalue weighted by atomic mass is 16.5. The lowest BCUT2D eigenvalue weighted by Gasteiger charge is -2.32. The van der Waals surface area contributed by atoms with Crippen LogP contribution in [0.15, 0.2) is 18.2 Å². The molecule has 2 heterocycles. The van der Waals surface area contributed by atoms with Gasteiger partial charge < -0.3 is 15.4 Å². The predicted octanol–water partition coefficient (Wildman–Crippen LogP) is 2.51. The van der Waals surface area contributed by atoms with Crippen LogP contribution in [0.1, 0.15) is 38.7 Å². The summed E-state index contributed by atoms with van der Waals surface area (Å²) in [7, 11) is 0. The Hall–Kier alpha value is -1.55. The van der Waals surface area contributed by atoms with Gasteiger partial charge in [-0.05, 0) is 56.9 Å². The highest BCUT2D eigenvalue weighted by Crippen LogP contribution is 2.34. The normalized spacial score (nSPS) is 24.8. The van der Waals surface area contributed by atoms with Crippen molar-refractivity contribution < 1.29 is 9.53 Å². The van der Waals surface area contributed by atoms with Gasteiger partial charge in [-0.15, -0.1) is 0 Å². The first kappa shape index (κ1) is 13.4. The number of nitrogen functional groups attached to an aromatic ring is 1. The molecule has 0 bridgehead atoms. The molecular weight excluding hydrogens is 252 g/mol. The van der Waals surface area contributed by atoms with Gasteiger partial charge in [-0.25, -0.2) is 0 Å². The lowest BCUT2D eigenvalue weighted by molar-refractivity contribution is -0.119. The number of nitrogens with two attached hydrogens (primary N) is 1. The molecule has 1 atom stereocenters. The third-order valence-electron chi connectivity index (χ3n) is 4.24. The smallest absolute Gasteiger partial charge is 0.227 e. The van der Waals surface area contributed by atoms with E-state index in [1.807, 2.05) is 23.1 Å². The van der Waals surface area contributed by atoms with Crippen LogP contribution in [0.5, 0.6) is 0 Å². The Morgan fingerprint density at radius 3 is 2.90 bits per heavy atom. The molecule has 0 saturated carbocycles. The molecule has 108 valence electrons. The number of hydrogen-bond acceptors (Lipinski definition) is 3. The summed E-state index contributed by atoms with van der Waals surface area (Å²) >= 11 is 0. The van der Waals surface area contributed by atoms with Gasteiger partial charge in [0.25, 0.3) is 0 Å². The highest BCUT2D eigenvalue weighted by Gasteiger charge is 2.35. The number of ether oxygens (including phenoxy) is 1. The van der Waals surface area contributed by atoms with Crippen molar-refractivity contribution >= 4 is 17.3 Å². The van der Waals surface area contributed by atoms with Crippen LogP contribution in [0.3, 0.4) is 0 Å². The second-order valence-electron chi connectivity index (χ2n) is 6.43. The van der Waals surface area contributed by atoms with Crippen molar-refractivity contribution in [2.75, 3.05) is 17.2 Å². The molecule has 1 unspecified atom stereocenters. The van der Waals surface area contributed by atoms with Crippen LogP contribution in [-0.2, 0) is 16.0 Å². The van der Waals surface area contributed by atoms with Crippen LogP contribution >= 0.6 is 0 Å². The highest BCUT2D eigenvalue weighted by molar-refractivity contribution is 5.96. The van der Waals surface area contributed by atoms with Gasteiger partial charge in [-0.1, -0.05) is 0 Å². The van der Waals surface area contributed by atoms with Crippen LogP contribution in [0.4, 0.5) is 11.4 Å². The van der Waals surface area contributed by atoms with E-state index in [-0.39, 0.29) is 17.6 Å². The number of fused-ring (bicyclic) bond motifs is 1. The van der Waals surface area contributed by atoms with E-state index in [4.69, 9.17) is 10.5 Å². The van der Waals surface area contributed by atoms with E-state index in [9.17, 15) is 4.79 Å². The van der Waals surface area contributed by atoms with Gasteiger partial charge in [0.05, 0.1) is 18.2 Å². The fourth-order valence-electron chi connectivity index (χ4n) is 3.19. The Labute approximate surface area is 119 Å². The van der Waals surface area contributed by atoms with Gasteiger partial charge in [-0.2, -0.15) is 0 Å². The second-order valence-corrected chi connectivity index (χ2v) is 6.43. The Balaban J connectivity index is 1.81. The molecule has 4 heteroatoms. The zero-order valence-corrected chi connectivity index (χ0v) is 12.2. The summed E-state index contributed by atoms with van der Waals surface area (Å²) in [5, 5.41) is 0. The minimum Gasteiger partial charge on any atom is -0.399 e. The van der Waals surface area contributed by atoms with E-state index in [0.29, 0.717) is 13.0 Å². The summed E-state index contributed by atoms with van der Waals surface area (Å²) in [6, 6.07) is 5.81. The lowest BCUT2D eigenvalue weighted by Crippen LogP contribution is -2.41. The Kier molecular flexibility index (Phi) is 3.21. The Morgan fingerprint density at radius 1 is 1.40 bits per heavy atom. The number of rotatable bonds is 2. The van der Waals surface area contributed by atoms with Crippen molar-refractivity contribution in [1.29, 1.82) is 0 Å². The molecule has 1 fully saturated rings. The average molecular weight is 274 g/mol. The van der Waals surface area contributed by atoms with Gasteiger partial charge in [0.1, 0.15) is 0 Å². The zero-order valence-electron chi connectivity index (χ0n) is 12.2. The summed E-state index contributed by atoms with van der Waals surface area (Å²) in [6.07, 6.45) is 3.55. The minimum atomic E-state index is -0.0621. The first-order valence-corrected chi connectivity index (χ1v) is 7.31. The Morgan fingerprint density at radius 2 is 2.20 bits per heavy atom. The van der Waals surface area contributed by atoms with Crippen LogP contribution in [-0.4, -0.2) is 24.2 Å². The maximum atomic E-state index is 12.2. The fourth-order valence-corrected chi connectivity index (χ4v) is 3.19. The number of aryl methyl sites for hydroxylation is 1. The lowest BCUT2D eigenvalue weighted by atomic mass is 9.99. The summed E-state index contributed by atoms with van der Waals surface area (Å²) in [5.74, 6) is 0.190. The number of carbonyl (C=O) groups is 1. The molecular formula is C16H22N2O2. The number of nitrogens with zero attached hydrogens (tertiary/aromatic N) is 1. The molecule has 0 aromatic heterocycles. The molecule has 2 N–H and O–H groups in total. The van der Waals surface area contributed by atoms with Crippen molar-refractivity contribution in [3.05, 3.63) is 23.8 Å². The number of hydrogen-bond donors (Lipinski definition) is 1. The first-order valence-electron chi connectivity index (χ1n) is 7.31. The summed E-state index contributed by atoms with van der Waals surface area (Å²) in [4.78, 5) is 14.1. The van der Waals surface area contributed by atoms with Gasteiger partial charge in [0.2, 0.25) is 5.91 Å². The standard InChI is InChI=1S/C16H22N2O2/c1-16(2)8-7-13(20-16)10-18-14-5-4-12(17)9-11(14)3-6-15(18)19/h4-5,9,13H,3,6-8,10,17H2,1-2H3.